The summed E-state index contributed by atoms with van der Waals surface area (Å²) in [6.45, 7) is 3.07. The van der Waals surface area contributed by atoms with Crippen LogP contribution in [0.1, 0.15) is 44.1 Å². The molecule has 30 heavy (non-hydrogen) atoms. The van der Waals surface area contributed by atoms with Gasteiger partial charge in [0.1, 0.15) is 6.61 Å². The van der Waals surface area contributed by atoms with E-state index in [1.165, 1.54) is 32.1 Å². The fraction of sp³-hybridized carbons (Fsp3) is 0.762. The molecule has 0 spiro atoms. The molecule has 1 aliphatic carbocycles. The Bertz CT molecular complexity index is 794. The minimum Gasteiger partial charge on any atom is -0.476 e. The third-order valence-electron chi connectivity index (χ3n) is 6.76. The van der Waals surface area contributed by atoms with E-state index in [0.29, 0.717) is 63.7 Å². The van der Waals surface area contributed by atoms with Gasteiger partial charge in [0.05, 0.1) is 19.3 Å². The zero-order valence-corrected chi connectivity index (χ0v) is 18.4. The smallest absolute Gasteiger partial charge is 0.282 e. The Hall–Kier alpha value is -1.26. The maximum absolute atomic E-state index is 13.4. The molecule has 2 saturated heterocycles. The van der Waals surface area contributed by atoms with Crippen LogP contribution in [-0.4, -0.2) is 67.5 Å². The van der Waals surface area contributed by atoms with Crippen molar-refractivity contribution in [2.24, 2.45) is 17.6 Å². The summed E-state index contributed by atoms with van der Waals surface area (Å²) in [4.78, 5) is 4.26. The van der Waals surface area contributed by atoms with E-state index in [4.69, 9.17) is 15.2 Å². The van der Waals surface area contributed by atoms with Gasteiger partial charge in [-0.2, -0.15) is 17.0 Å². The molecule has 2 aliphatic heterocycles. The molecule has 8 nitrogen and oxygen atoms in total. The highest BCUT2D eigenvalue weighted by Gasteiger charge is 2.45. The van der Waals surface area contributed by atoms with Gasteiger partial charge in [-0.05, 0) is 29.9 Å². The minimum absolute atomic E-state index is 0.173. The van der Waals surface area contributed by atoms with E-state index in [1.807, 2.05) is 12.1 Å². The summed E-state index contributed by atoms with van der Waals surface area (Å²) in [6, 6.07) is 3.51. The van der Waals surface area contributed by atoms with Crippen molar-refractivity contribution in [3.63, 3.8) is 0 Å². The molecule has 2 unspecified atom stereocenters. The second kappa shape index (κ2) is 9.91. The van der Waals surface area contributed by atoms with E-state index < -0.39 is 10.2 Å². The Kier molecular flexibility index (Phi) is 7.25. The molecule has 1 saturated carbocycles. The highest BCUT2D eigenvalue weighted by atomic mass is 32.2. The monoisotopic (exact) mass is 438 g/mol. The summed E-state index contributed by atoms with van der Waals surface area (Å²) in [6.07, 6.45) is 8.77. The lowest BCUT2D eigenvalue weighted by Crippen LogP contribution is -2.51. The number of nitrogens with zero attached hydrogens (tertiary/aromatic N) is 3. The number of hydrogen-bond acceptors (Lipinski definition) is 6. The fourth-order valence-corrected chi connectivity index (χ4v) is 6.88. The van der Waals surface area contributed by atoms with Crippen LogP contribution in [0.5, 0.6) is 5.88 Å². The highest BCUT2D eigenvalue weighted by molar-refractivity contribution is 7.86. The number of aromatic nitrogens is 1. The van der Waals surface area contributed by atoms with E-state index in [9.17, 15) is 8.42 Å². The molecular formula is C21H34N4O4S. The van der Waals surface area contributed by atoms with E-state index in [-0.39, 0.29) is 6.04 Å². The zero-order chi connectivity index (χ0) is 21.0. The van der Waals surface area contributed by atoms with Crippen molar-refractivity contribution in [1.29, 1.82) is 0 Å². The van der Waals surface area contributed by atoms with E-state index in [0.717, 1.165) is 12.0 Å². The van der Waals surface area contributed by atoms with Crippen molar-refractivity contribution in [3.05, 3.63) is 23.9 Å². The predicted octanol–water partition coefficient (Wildman–Crippen LogP) is 1.77. The number of ether oxygens (including phenoxy) is 2. The van der Waals surface area contributed by atoms with E-state index in [1.54, 1.807) is 14.8 Å². The summed E-state index contributed by atoms with van der Waals surface area (Å²) in [5.41, 5.74) is 6.66. The van der Waals surface area contributed by atoms with Crippen molar-refractivity contribution in [2.75, 3.05) is 39.5 Å². The topological polar surface area (TPSA) is 98.0 Å². The van der Waals surface area contributed by atoms with Gasteiger partial charge in [-0.3, -0.25) is 0 Å². The molecule has 2 atom stereocenters. The van der Waals surface area contributed by atoms with Gasteiger partial charge in [-0.1, -0.05) is 32.1 Å². The standard InChI is InChI=1S/C21H34N4O4S/c22-14-17-6-7-23-21(12-17)29-16-20-13-19(18-4-2-1-3-5-18)15-25(20)30(26,27)24-8-10-28-11-9-24/h6-7,12,18-20H,1-5,8-11,13-16,22H2. The molecule has 1 aromatic heterocycles. The van der Waals surface area contributed by atoms with Gasteiger partial charge in [0, 0.05) is 38.4 Å². The van der Waals surface area contributed by atoms with Crippen molar-refractivity contribution in [1.82, 2.24) is 13.6 Å². The van der Waals surface area contributed by atoms with Crippen LogP contribution in [-0.2, 0) is 21.5 Å². The molecule has 1 aromatic rings. The second-order valence-corrected chi connectivity index (χ2v) is 10.5. The molecule has 0 radical (unpaired) electrons. The lowest BCUT2D eigenvalue weighted by molar-refractivity contribution is 0.0692. The van der Waals surface area contributed by atoms with E-state index in [2.05, 4.69) is 4.98 Å². The maximum atomic E-state index is 13.4. The van der Waals surface area contributed by atoms with Crippen LogP contribution in [0.3, 0.4) is 0 Å². The van der Waals surface area contributed by atoms with Gasteiger partial charge in [-0.15, -0.1) is 0 Å². The Morgan fingerprint density at radius 3 is 2.67 bits per heavy atom. The molecular weight excluding hydrogens is 404 g/mol. The largest absolute Gasteiger partial charge is 0.476 e. The lowest BCUT2D eigenvalue weighted by atomic mass is 9.79. The van der Waals surface area contributed by atoms with E-state index >= 15 is 0 Å². The fourth-order valence-electron chi connectivity index (χ4n) is 5.07. The van der Waals surface area contributed by atoms with Crippen molar-refractivity contribution in [2.45, 2.75) is 51.1 Å². The Balaban J connectivity index is 1.49. The molecule has 4 rings (SSSR count). The average molecular weight is 439 g/mol. The average Bonchev–Trinajstić information content (AvgIpc) is 3.24. The first-order valence-corrected chi connectivity index (χ1v) is 12.6. The first-order chi connectivity index (χ1) is 14.6. The first-order valence-electron chi connectivity index (χ1n) is 11.2. The SMILES string of the molecule is NCc1ccnc(OCC2CC(C3CCCCC3)CN2S(=O)(=O)N2CCOCC2)c1. The molecule has 0 bridgehead atoms. The third-order valence-corrected chi connectivity index (χ3v) is 8.82. The molecule has 2 N–H and O–H groups in total. The van der Waals surface area contributed by atoms with Crippen LogP contribution in [0.15, 0.2) is 18.3 Å². The van der Waals surface area contributed by atoms with Crippen molar-refractivity contribution < 1.29 is 17.9 Å². The molecule has 3 heterocycles. The van der Waals surface area contributed by atoms with Gasteiger partial charge in [0.25, 0.3) is 10.2 Å². The number of pyridine rings is 1. The van der Waals surface area contributed by atoms with Gasteiger partial charge in [-0.25, -0.2) is 4.98 Å². The van der Waals surface area contributed by atoms with Gasteiger partial charge in [0.2, 0.25) is 5.88 Å². The number of rotatable bonds is 7. The predicted molar refractivity (Wildman–Crippen MR) is 114 cm³/mol. The number of nitrogens with two attached hydrogens (primary N) is 1. The summed E-state index contributed by atoms with van der Waals surface area (Å²) < 4.78 is 41.5. The van der Waals surface area contributed by atoms with Crippen LogP contribution in [0, 0.1) is 11.8 Å². The molecule has 0 aromatic carbocycles. The Morgan fingerprint density at radius 2 is 1.93 bits per heavy atom. The lowest BCUT2D eigenvalue weighted by Gasteiger charge is -2.33. The summed E-state index contributed by atoms with van der Waals surface area (Å²) in [5.74, 6) is 1.52. The van der Waals surface area contributed by atoms with Crippen LogP contribution in [0.25, 0.3) is 0 Å². The van der Waals surface area contributed by atoms with Crippen LogP contribution in [0.2, 0.25) is 0 Å². The summed E-state index contributed by atoms with van der Waals surface area (Å²) >= 11 is 0. The van der Waals surface area contributed by atoms with Crippen LogP contribution >= 0.6 is 0 Å². The highest BCUT2D eigenvalue weighted by Crippen LogP contribution is 2.39. The quantitative estimate of drug-likeness (QED) is 0.697. The normalized spacial score (nSPS) is 27.4. The molecule has 3 fully saturated rings. The molecule has 9 heteroatoms. The van der Waals surface area contributed by atoms with Gasteiger partial charge < -0.3 is 15.2 Å². The third kappa shape index (κ3) is 4.96. The van der Waals surface area contributed by atoms with Crippen LogP contribution < -0.4 is 10.5 Å². The van der Waals surface area contributed by atoms with Gasteiger partial charge >= 0.3 is 0 Å². The molecule has 3 aliphatic rings. The Morgan fingerprint density at radius 1 is 1.17 bits per heavy atom. The van der Waals surface area contributed by atoms with Crippen LogP contribution in [0.4, 0.5) is 0 Å². The van der Waals surface area contributed by atoms with Crippen molar-refractivity contribution in [3.8, 4) is 5.88 Å². The van der Waals surface area contributed by atoms with Gasteiger partial charge in [0.15, 0.2) is 0 Å². The maximum Gasteiger partial charge on any atom is 0.282 e. The first kappa shape index (κ1) is 22.0. The Labute approximate surface area is 179 Å². The zero-order valence-electron chi connectivity index (χ0n) is 17.6. The number of hydrogen-bond donors (Lipinski definition) is 1. The molecule has 168 valence electrons. The summed E-state index contributed by atoms with van der Waals surface area (Å²) in [5, 5.41) is 0. The second-order valence-electron chi connectivity index (χ2n) is 8.65. The molecule has 0 amide bonds. The number of morpholine rings is 1. The summed E-state index contributed by atoms with van der Waals surface area (Å²) in [7, 11) is -3.53. The minimum atomic E-state index is -3.53. The van der Waals surface area contributed by atoms with Crippen molar-refractivity contribution >= 4 is 10.2 Å².